The highest BCUT2D eigenvalue weighted by Crippen LogP contribution is 2.38. The molecule has 0 saturated carbocycles. The van der Waals surface area contributed by atoms with E-state index in [0.717, 1.165) is 46.1 Å². The number of pyridine rings is 1. The molecule has 1 N–H and O–H groups in total. The maximum Gasteiger partial charge on any atom is 0.255 e. The standard InChI is InChI=1S/C24H19Cl2N3O2/c25-18-8-5-14(12-19(18)26)11-15-6-7-17-22(24(31)29-10-9-27-21(30)13-29)16-3-1-2-4-20(16)28-23(15)17/h1-5,8,11-12H,6-7,9-10,13H2,(H,27,30)/b15-11+. The summed E-state index contributed by atoms with van der Waals surface area (Å²) in [6.07, 6.45) is 3.56. The number of nitrogens with zero attached hydrogens (tertiary/aromatic N) is 2. The van der Waals surface area contributed by atoms with Crippen LogP contribution in [0.2, 0.25) is 10.0 Å². The van der Waals surface area contributed by atoms with Crippen LogP contribution in [0.4, 0.5) is 0 Å². The second kappa shape index (κ2) is 7.98. The number of nitrogens with one attached hydrogen (secondary N) is 1. The Morgan fingerprint density at radius 2 is 1.94 bits per heavy atom. The van der Waals surface area contributed by atoms with E-state index in [1.165, 1.54) is 0 Å². The van der Waals surface area contributed by atoms with Crippen molar-refractivity contribution in [3.05, 3.63) is 74.9 Å². The largest absolute Gasteiger partial charge is 0.353 e. The summed E-state index contributed by atoms with van der Waals surface area (Å²) in [6, 6.07) is 13.2. The SMILES string of the molecule is O=C1CN(C(=O)c2c3c(nc4ccccc24)/C(=C/c2ccc(Cl)c(Cl)c2)CC3)CCN1. The molecular weight excluding hydrogens is 433 g/mol. The van der Waals surface area contributed by atoms with Crippen LogP contribution in [0.15, 0.2) is 42.5 Å². The van der Waals surface area contributed by atoms with Gasteiger partial charge in [-0.15, -0.1) is 0 Å². The Kier molecular flexibility index (Phi) is 5.16. The van der Waals surface area contributed by atoms with Crippen molar-refractivity contribution >= 4 is 57.6 Å². The van der Waals surface area contributed by atoms with E-state index in [1.54, 1.807) is 11.0 Å². The third-order valence-corrected chi connectivity index (χ3v) is 6.50. The number of para-hydroxylation sites is 1. The average molecular weight is 452 g/mol. The molecule has 0 radical (unpaired) electrons. The first-order valence-electron chi connectivity index (χ1n) is 10.1. The first kappa shape index (κ1) is 20.0. The number of benzene rings is 2. The first-order valence-corrected chi connectivity index (χ1v) is 10.9. The predicted octanol–water partition coefficient (Wildman–Crippen LogP) is 4.60. The Labute approximate surface area is 189 Å². The number of fused-ring (bicyclic) bond motifs is 2. The lowest BCUT2D eigenvalue weighted by Crippen LogP contribution is -2.50. The molecule has 0 atom stereocenters. The molecule has 5 nitrogen and oxygen atoms in total. The third-order valence-electron chi connectivity index (χ3n) is 5.77. The molecular formula is C24H19Cl2N3O2. The van der Waals surface area contributed by atoms with Crippen molar-refractivity contribution in [2.75, 3.05) is 19.6 Å². The van der Waals surface area contributed by atoms with E-state index in [1.807, 2.05) is 36.4 Å². The van der Waals surface area contributed by atoms with Gasteiger partial charge in [0.15, 0.2) is 0 Å². The molecule has 1 aliphatic carbocycles. The number of halogens is 2. The molecule has 0 bridgehead atoms. The van der Waals surface area contributed by atoms with Gasteiger partial charge in [0.1, 0.15) is 0 Å². The number of allylic oxidation sites excluding steroid dienone is 1. The van der Waals surface area contributed by atoms with Crippen molar-refractivity contribution in [2.45, 2.75) is 12.8 Å². The molecule has 3 aromatic rings. The highest BCUT2D eigenvalue weighted by molar-refractivity contribution is 6.42. The molecule has 1 fully saturated rings. The normalized spacial score (nSPS) is 17.2. The Balaban J connectivity index is 1.64. The van der Waals surface area contributed by atoms with E-state index in [0.29, 0.717) is 28.7 Å². The summed E-state index contributed by atoms with van der Waals surface area (Å²) in [5.74, 6) is -0.240. The van der Waals surface area contributed by atoms with Gasteiger partial charge in [0, 0.05) is 18.5 Å². The number of carbonyl (C=O) groups is 2. The van der Waals surface area contributed by atoms with Crippen LogP contribution < -0.4 is 5.32 Å². The lowest BCUT2D eigenvalue weighted by atomic mass is 9.99. The fourth-order valence-electron chi connectivity index (χ4n) is 4.30. The molecule has 2 aliphatic rings. The van der Waals surface area contributed by atoms with Gasteiger partial charge in [0.2, 0.25) is 5.91 Å². The zero-order valence-electron chi connectivity index (χ0n) is 16.6. The highest BCUT2D eigenvalue weighted by atomic mass is 35.5. The average Bonchev–Trinajstić information content (AvgIpc) is 3.16. The van der Waals surface area contributed by atoms with Gasteiger partial charge in [-0.05, 0) is 53.8 Å². The van der Waals surface area contributed by atoms with Gasteiger partial charge in [-0.25, -0.2) is 4.98 Å². The van der Waals surface area contributed by atoms with Gasteiger partial charge in [-0.1, -0.05) is 47.5 Å². The van der Waals surface area contributed by atoms with E-state index in [4.69, 9.17) is 28.2 Å². The van der Waals surface area contributed by atoms with Crippen LogP contribution in [-0.2, 0) is 11.2 Å². The predicted molar refractivity (Wildman–Crippen MR) is 123 cm³/mol. The van der Waals surface area contributed by atoms with Crippen LogP contribution in [0, 0.1) is 0 Å². The molecule has 7 heteroatoms. The van der Waals surface area contributed by atoms with Gasteiger partial charge >= 0.3 is 0 Å². The topological polar surface area (TPSA) is 62.3 Å². The molecule has 5 rings (SSSR count). The summed E-state index contributed by atoms with van der Waals surface area (Å²) in [6.45, 7) is 1.05. The summed E-state index contributed by atoms with van der Waals surface area (Å²) < 4.78 is 0. The third kappa shape index (κ3) is 3.68. The maximum atomic E-state index is 13.5. The first-order chi connectivity index (χ1) is 15.0. The molecule has 156 valence electrons. The van der Waals surface area contributed by atoms with Crippen molar-refractivity contribution in [3.8, 4) is 0 Å². The quantitative estimate of drug-likeness (QED) is 0.618. The Bertz CT molecular complexity index is 1270. The molecule has 1 aliphatic heterocycles. The highest BCUT2D eigenvalue weighted by Gasteiger charge is 2.30. The van der Waals surface area contributed by atoms with Crippen molar-refractivity contribution in [2.24, 2.45) is 0 Å². The van der Waals surface area contributed by atoms with Gasteiger partial charge < -0.3 is 10.2 Å². The summed E-state index contributed by atoms with van der Waals surface area (Å²) in [4.78, 5) is 31.9. The van der Waals surface area contributed by atoms with E-state index in [2.05, 4.69) is 11.4 Å². The van der Waals surface area contributed by atoms with Crippen molar-refractivity contribution in [3.63, 3.8) is 0 Å². The molecule has 2 heterocycles. The minimum atomic E-state index is -0.130. The number of rotatable bonds is 2. The van der Waals surface area contributed by atoms with E-state index >= 15 is 0 Å². The zero-order chi connectivity index (χ0) is 21.5. The van der Waals surface area contributed by atoms with E-state index < -0.39 is 0 Å². The molecule has 1 aromatic heterocycles. The molecule has 2 aromatic carbocycles. The van der Waals surface area contributed by atoms with Crippen LogP contribution >= 0.6 is 23.2 Å². The minimum Gasteiger partial charge on any atom is -0.353 e. The Morgan fingerprint density at radius 3 is 2.74 bits per heavy atom. The molecule has 1 saturated heterocycles. The van der Waals surface area contributed by atoms with Gasteiger partial charge in [-0.2, -0.15) is 0 Å². The maximum absolute atomic E-state index is 13.5. The second-order valence-electron chi connectivity index (χ2n) is 7.75. The van der Waals surface area contributed by atoms with Gasteiger partial charge in [0.05, 0.1) is 33.4 Å². The number of piperazine rings is 1. The van der Waals surface area contributed by atoms with Crippen LogP contribution in [0.25, 0.3) is 22.6 Å². The van der Waals surface area contributed by atoms with Gasteiger partial charge in [-0.3, -0.25) is 9.59 Å². The summed E-state index contributed by atoms with van der Waals surface area (Å²) in [5, 5.41) is 4.62. The second-order valence-corrected chi connectivity index (χ2v) is 8.57. The van der Waals surface area contributed by atoms with E-state index in [9.17, 15) is 9.59 Å². The lowest BCUT2D eigenvalue weighted by Gasteiger charge is -2.28. The van der Waals surface area contributed by atoms with Crippen LogP contribution in [0.1, 0.15) is 33.6 Å². The summed E-state index contributed by atoms with van der Waals surface area (Å²) >= 11 is 12.2. The summed E-state index contributed by atoms with van der Waals surface area (Å²) in [5.41, 5.74) is 5.22. The van der Waals surface area contributed by atoms with Crippen LogP contribution in [0.5, 0.6) is 0 Å². The molecule has 2 amide bonds. The fraction of sp³-hybridized carbons (Fsp3) is 0.208. The number of hydrogen-bond donors (Lipinski definition) is 1. The Hall–Kier alpha value is -2.89. The molecule has 0 unspecified atom stereocenters. The van der Waals surface area contributed by atoms with Crippen molar-refractivity contribution in [1.82, 2.24) is 15.2 Å². The monoisotopic (exact) mass is 451 g/mol. The molecule has 31 heavy (non-hydrogen) atoms. The smallest absolute Gasteiger partial charge is 0.255 e. The van der Waals surface area contributed by atoms with Gasteiger partial charge in [0.25, 0.3) is 5.91 Å². The number of carbonyl (C=O) groups excluding carboxylic acids is 2. The lowest BCUT2D eigenvalue weighted by molar-refractivity contribution is -0.123. The minimum absolute atomic E-state index is 0.0796. The number of amides is 2. The van der Waals surface area contributed by atoms with E-state index in [-0.39, 0.29) is 18.4 Å². The van der Waals surface area contributed by atoms with Crippen molar-refractivity contribution < 1.29 is 9.59 Å². The van der Waals surface area contributed by atoms with Crippen LogP contribution in [0.3, 0.4) is 0 Å². The Morgan fingerprint density at radius 1 is 1.10 bits per heavy atom. The van der Waals surface area contributed by atoms with Crippen molar-refractivity contribution in [1.29, 1.82) is 0 Å². The number of hydrogen-bond acceptors (Lipinski definition) is 3. The fourth-order valence-corrected chi connectivity index (χ4v) is 4.60. The zero-order valence-corrected chi connectivity index (χ0v) is 18.1. The molecule has 0 spiro atoms. The number of aromatic nitrogens is 1. The summed E-state index contributed by atoms with van der Waals surface area (Å²) in [7, 11) is 0. The van der Waals surface area contributed by atoms with Crippen LogP contribution in [-0.4, -0.2) is 41.3 Å².